The van der Waals surface area contributed by atoms with Gasteiger partial charge in [-0.2, -0.15) is 0 Å². The SMILES string of the molecule is Cc1ccc(O)c2c1C(C)CC2NC1CCCOC1. The van der Waals surface area contributed by atoms with E-state index in [4.69, 9.17) is 4.74 Å². The van der Waals surface area contributed by atoms with Crippen molar-refractivity contribution >= 4 is 0 Å². The Bertz CT molecular complexity index is 466. The number of fused-ring (bicyclic) bond motifs is 1. The van der Waals surface area contributed by atoms with Gasteiger partial charge in [0.05, 0.1) is 6.61 Å². The van der Waals surface area contributed by atoms with Crippen LogP contribution in [0.4, 0.5) is 0 Å². The molecule has 0 amide bonds. The average Bonchev–Trinajstić information content (AvgIpc) is 2.73. The molecule has 2 aliphatic rings. The van der Waals surface area contributed by atoms with Crippen molar-refractivity contribution in [1.82, 2.24) is 5.32 Å². The summed E-state index contributed by atoms with van der Waals surface area (Å²) in [4.78, 5) is 0. The van der Waals surface area contributed by atoms with E-state index in [0.29, 0.717) is 17.7 Å². The van der Waals surface area contributed by atoms with Crippen LogP contribution in [0.5, 0.6) is 5.75 Å². The standard InChI is InChI=1S/C16H23NO2/c1-10-5-6-14(18)16-13(8-11(2)15(10)16)17-12-4-3-7-19-9-12/h5-6,11-13,17-18H,3-4,7-9H2,1-2H3. The van der Waals surface area contributed by atoms with E-state index in [0.717, 1.165) is 31.6 Å². The van der Waals surface area contributed by atoms with Gasteiger partial charge in [0.1, 0.15) is 5.75 Å². The topological polar surface area (TPSA) is 41.5 Å². The maximum Gasteiger partial charge on any atom is 0.120 e. The van der Waals surface area contributed by atoms with Crippen LogP contribution in [-0.4, -0.2) is 24.4 Å². The summed E-state index contributed by atoms with van der Waals surface area (Å²) >= 11 is 0. The largest absolute Gasteiger partial charge is 0.508 e. The van der Waals surface area contributed by atoms with Crippen molar-refractivity contribution < 1.29 is 9.84 Å². The molecule has 3 nitrogen and oxygen atoms in total. The number of hydrogen-bond donors (Lipinski definition) is 2. The van der Waals surface area contributed by atoms with Crippen molar-refractivity contribution in [3.05, 3.63) is 28.8 Å². The van der Waals surface area contributed by atoms with Crippen LogP contribution in [0.1, 0.15) is 54.8 Å². The third kappa shape index (κ3) is 2.37. The van der Waals surface area contributed by atoms with Crippen LogP contribution in [0.2, 0.25) is 0 Å². The summed E-state index contributed by atoms with van der Waals surface area (Å²) < 4.78 is 5.54. The predicted octanol–water partition coefficient (Wildman–Crippen LogP) is 3.02. The normalized spacial score (nSPS) is 30.3. The molecule has 1 saturated heterocycles. The highest BCUT2D eigenvalue weighted by atomic mass is 16.5. The smallest absolute Gasteiger partial charge is 0.120 e. The van der Waals surface area contributed by atoms with E-state index in [2.05, 4.69) is 19.2 Å². The second-order valence-electron chi connectivity index (χ2n) is 6.00. The van der Waals surface area contributed by atoms with Crippen LogP contribution in [-0.2, 0) is 4.74 Å². The quantitative estimate of drug-likeness (QED) is 0.860. The highest BCUT2D eigenvalue weighted by Gasteiger charge is 2.33. The molecular formula is C16H23NO2. The first-order valence-corrected chi connectivity index (χ1v) is 7.33. The number of phenolic OH excluding ortho intramolecular Hbond substituents is 1. The Morgan fingerprint density at radius 3 is 2.89 bits per heavy atom. The van der Waals surface area contributed by atoms with E-state index in [1.807, 2.05) is 12.1 Å². The van der Waals surface area contributed by atoms with Gasteiger partial charge in [-0.05, 0) is 49.3 Å². The zero-order valence-electron chi connectivity index (χ0n) is 11.8. The number of aromatic hydroxyl groups is 1. The lowest BCUT2D eigenvalue weighted by Crippen LogP contribution is -2.38. The van der Waals surface area contributed by atoms with Gasteiger partial charge < -0.3 is 15.2 Å². The third-order valence-electron chi connectivity index (χ3n) is 4.51. The van der Waals surface area contributed by atoms with Crippen LogP contribution < -0.4 is 5.32 Å². The fraction of sp³-hybridized carbons (Fsp3) is 0.625. The molecule has 0 aromatic heterocycles. The number of hydrogen-bond acceptors (Lipinski definition) is 3. The molecule has 3 unspecified atom stereocenters. The maximum atomic E-state index is 10.2. The van der Waals surface area contributed by atoms with Gasteiger partial charge in [-0.3, -0.25) is 0 Å². The number of ether oxygens (including phenoxy) is 1. The highest BCUT2D eigenvalue weighted by Crippen LogP contribution is 2.46. The molecule has 3 rings (SSSR count). The van der Waals surface area contributed by atoms with Crippen molar-refractivity contribution in [2.75, 3.05) is 13.2 Å². The summed E-state index contributed by atoms with van der Waals surface area (Å²) in [7, 11) is 0. The van der Waals surface area contributed by atoms with Crippen molar-refractivity contribution in [3.8, 4) is 5.75 Å². The lowest BCUT2D eigenvalue weighted by Gasteiger charge is -2.27. The highest BCUT2D eigenvalue weighted by molar-refractivity contribution is 5.50. The van der Waals surface area contributed by atoms with E-state index in [9.17, 15) is 5.11 Å². The maximum absolute atomic E-state index is 10.2. The first-order chi connectivity index (χ1) is 9.16. The number of rotatable bonds is 2. The first-order valence-electron chi connectivity index (χ1n) is 7.33. The van der Waals surface area contributed by atoms with Gasteiger partial charge in [0.2, 0.25) is 0 Å². The lowest BCUT2D eigenvalue weighted by molar-refractivity contribution is 0.0660. The summed E-state index contributed by atoms with van der Waals surface area (Å²) in [6.07, 6.45) is 3.38. The Labute approximate surface area is 115 Å². The zero-order valence-corrected chi connectivity index (χ0v) is 11.8. The zero-order chi connectivity index (χ0) is 13.4. The molecule has 1 aromatic rings. The molecule has 0 spiro atoms. The minimum atomic E-state index is 0.275. The van der Waals surface area contributed by atoms with Gasteiger partial charge in [-0.25, -0.2) is 0 Å². The van der Waals surface area contributed by atoms with E-state index in [1.54, 1.807) is 0 Å². The predicted molar refractivity (Wildman–Crippen MR) is 75.6 cm³/mol. The van der Waals surface area contributed by atoms with Crippen molar-refractivity contribution in [3.63, 3.8) is 0 Å². The molecule has 1 aliphatic heterocycles. The molecule has 1 heterocycles. The Morgan fingerprint density at radius 1 is 1.32 bits per heavy atom. The third-order valence-corrected chi connectivity index (χ3v) is 4.51. The second-order valence-corrected chi connectivity index (χ2v) is 6.00. The molecule has 19 heavy (non-hydrogen) atoms. The monoisotopic (exact) mass is 261 g/mol. The number of benzene rings is 1. The van der Waals surface area contributed by atoms with Gasteiger partial charge in [-0.1, -0.05) is 13.0 Å². The Hall–Kier alpha value is -1.06. The van der Waals surface area contributed by atoms with Crippen LogP contribution in [0.3, 0.4) is 0 Å². The van der Waals surface area contributed by atoms with Gasteiger partial charge in [0, 0.05) is 24.3 Å². The fourth-order valence-electron chi connectivity index (χ4n) is 3.65. The Morgan fingerprint density at radius 2 is 2.16 bits per heavy atom. The summed E-state index contributed by atoms with van der Waals surface area (Å²) in [5, 5.41) is 13.9. The van der Waals surface area contributed by atoms with Crippen LogP contribution >= 0.6 is 0 Å². The molecule has 104 valence electrons. The molecule has 0 bridgehead atoms. The fourth-order valence-corrected chi connectivity index (χ4v) is 3.65. The molecule has 3 heteroatoms. The van der Waals surface area contributed by atoms with Gasteiger partial charge >= 0.3 is 0 Å². The summed E-state index contributed by atoms with van der Waals surface area (Å²) in [5.41, 5.74) is 3.76. The van der Waals surface area contributed by atoms with E-state index < -0.39 is 0 Å². The molecule has 0 saturated carbocycles. The van der Waals surface area contributed by atoms with Gasteiger partial charge in [-0.15, -0.1) is 0 Å². The first kappa shape index (κ1) is 12.9. The van der Waals surface area contributed by atoms with Crippen LogP contribution in [0.25, 0.3) is 0 Å². The van der Waals surface area contributed by atoms with Gasteiger partial charge in [0.15, 0.2) is 0 Å². The Kier molecular flexibility index (Phi) is 3.50. The molecule has 1 aromatic carbocycles. The van der Waals surface area contributed by atoms with E-state index in [1.165, 1.54) is 17.5 Å². The molecule has 1 fully saturated rings. The number of phenols is 1. The summed E-state index contributed by atoms with van der Waals surface area (Å²) in [5.74, 6) is 0.961. The number of aryl methyl sites for hydroxylation is 1. The lowest BCUT2D eigenvalue weighted by atomic mass is 9.97. The molecule has 0 radical (unpaired) electrons. The summed E-state index contributed by atoms with van der Waals surface area (Å²) in [6.45, 7) is 6.08. The molecule has 3 atom stereocenters. The minimum Gasteiger partial charge on any atom is -0.508 e. The average molecular weight is 261 g/mol. The molecular weight excluding hydrogens is 238 g/mol. The van der Waals surface area contributed by atoms with Crippen molar-refractivity contribution in [1.29, 1.82) is 0 Å². The van der Waals surface area contributed by atoms with Gasteiger partial charge in [0.25, 0.3) is 0 Å². The molecule has 1 aliphatic carbocycles. The summed E-state index contributed by atoms with van der Waals surface area (Å²) in [6, 6.07) is 4.56. The Balaban J connectivity index is 1.84. The number of nitrogens with one attached hydrogen (secondary N) is 1. The van der Waals surface area contributed by atoms with E-state index in [-0.39, 0.29) is 6.04 Å². The van der Waals surface area contributed by atoms with E-state index >= 15 is 0 Å². The van der Waals surface area contributed by atoms with Crippen LogP contribution in [0.15, 0.2) is 12.1 Å². The van der Waals surface area contributed by atoms with Crippen LogP contribution in [0, 0.1) is 6.92 Å². The van der Waals surface area contributed by atoms with Crippen molar-refractivity contribution in [2.45, 2.75) is 51.1 Å². The second kappa shape index (κ2) is 5.14. The minimum absolute atomic E-state index is 0.275. The van der Waals surface area contributed by atoms with Crippen molar-refractivity contribution in [2.24, 2.45) is 0 Å². The molecule has 2 N–H and O–H groups in total.